The third-order valence-electron chi connectivity index (χ3n) is 2.61. The molecular formula is C11H17N3O2. The summed E-state index contributed by atoms with van der Waals surface area (Å²) in [6.45, 7) is 4.35. The first kappa shape index (κ1) is 12.5. The van der Waals surface area contributed by atoms with Crippen LogP contribution in [0.25, 0.3) is 0 Å². The quantitative estimate of drug-likeness (QED) is 0.499. The molecule has 0 aromatic carbocycles. The summed E-state index contributed by atoms with van der Waals surface area (Å²) >= 11 is 0. The van der Waals surface area contributed by atoms with E-state index < -0.39 is 11.8 Å². The summed E-state index contributed by atoms with van der Waals surface area (Å²) in [5, 5.41) is 8.40. The summed E-state index contributed by atoms with van der Waals surface area (Å²) < 4.78 is 0. The number of rotatable bonds is 5. The minimum Gasteiger partial charge on any atom is -0.333 e. The van der Waals surface area contributed by atoms with E-state index in [0.717, 1.165) is 6.42 Å². The van der Waals surface area contributed by atoms with E-state index in [0.29, 0.717) is 39.0 Å². The number of hydrogen-bond acceptors (Lipinski definition) is 3. The highest BCUT2D eigenvalue weighted by Crippen LogP contribution is 2.07. The molecule has 0 aromatic heterocycles. The average molecular weight is 223 g/mol. The van der Waals surface area contributed by atoms with Crippen LogP contribution in [0.3, 0.4) is 0 Å². The zero-order valence-electron chi connectivity index (χ0n) is 9.61. The van der Waals surface area contributed by atoms with Crippen molar-refractivity contribution in [1.82, 2.24) is 9.80 Å². The largest absolute Gasteiger partial charge is 0.333 e. The zero-order chi connectivity index (χ0) is 12.0. The van der Waals surface area contributed by atoms with Gasteiger partial charge in [-0.1, -0.05) is 6.92 Å². The molecule has 5 nitrogen and oxygen atoms in total. The second-order valence-corrected chi connectivity index (χ2v) is 3.85. The van der Waals surface area contributed by atoms with Crippen molar-refractivity contribution in [3.8, 4) is 6.07 Å². The van der Waals surface area contributed by atoms with Crippen molar-refractivity contribution in [3.05, 3.63) is 0 Å². The molecule has 16 heavy (non-hydrogen) atoms. The number of amides is 2. The van der Waals surface area contributed by atoms with Crippen LogP contribution in [0.2, 0.25) is 0 Å². The highest BCUT2D eigenvalue weighted by molar-refractivity contribution is 6.35. The van der Waals surface area contributed by atoms with E-state index in [-0.39, 0.29) is 0 Å². The van der Waals surface area contributed by atoms with Gasteiger partial charge >= 0.3 is 11.8 Å². The molecule has 0 aromatic rings. The van der Waals surface area contributed by atoms with Crippen molar-refractivity contribution in [3.63, 3.8) is 0 Å². The molecule has 0 radical (unpaired) electrons. The molecule has 1 saturated heterocycles. The second kappa shape index (κ2) is 6.11. The molecule has 0 N–H and O–H groups in total. The second-order valence-electron chi connectivity index (χ2n) is 3.85. The fourth-order valence-corrected chi connectivity index (χ4v) is 1.76. The summed E-state index contributed by atoms with van der Waals surface area (Å²) in [4.78, 5) is 26.4. The Bertz CT molecular complexity index is 309. The third-order valence-corrected chi connectivity index (χ3v) is 2.61. The SMILES string of the molecule is CCCN1CCN(CCCC#N)C(=O)C1=O. The Morgan fingerprint density at radius 1 is 1.19 bits per heavy atom. The van der Waals surface area contributed by atoms with Crippen LogP contribution in [-0.2, 0) is 9.59 Å². The number of nitrogens with zero attached hydrogens (tertiary/aromatic N) is 3. The Hall–Kier alpha value is -1.57. The van der Waals surface area contributed by atoms with Crippen LogP contribution >= 0.6 is 0 Å². The summed E-state index contributed by atoms with van der Waals surface area (Å²) in [6.07, 6.45) is 1.94. The van der Waals surface area contributed by atoms with Crippen LogP contribution in [0.1, 0.15) is 26.2 Å². The first-order valence-corrected chi connectivity index (χ1v) is 5.65. The molecule has 1 fully saturated rings. The van der Waals surface area contributed by atoms with E-state index in [1.54, 1.807) is 9.80 Å². The molecule has 2 amide bonds. The Balaban J connectivity index is 2.46. The topological polar surface area (TPSA) is 64.4 Å². The third kappa shape index (κ3) is 2.96. The van der Waals surface area contributed by atoms with Gasteiger partial charge in [-0.2, -0.15) is 5.26 Å². The lowest BCUT2D eigenvalue weighted by atomic mass is 10.2. The Morgan fingerprint density at radius 2 is 1.75 bits per heavy atom. The van der Waals surface area contributed by atoms with Crippen molar-refractivity contribution in [2.45, 2.75) is 26.2 Å². The van der Waals surface area contributed by atoms with Crippen LogP contribution in [0, 0.1) is 11.3 Å². The number of unbranched alkanes of at least 4 members (excludes halogenated alkanes) is 1. The molecule has 0 unspecified atom stereocenters. The molecule has 1 rings (SSSR count). The lowest BCUT2D eigenvalue weighted by Crippen LogP contribution is -2.54. The zero-order valence-corrected chi connectivity index (χ0v) is 9.61. The van der Waals surface area contributed by atoms with E-state index in [2.05, 4.69) is 0 Å². The monoisotopic (exact) mass is 223 g/mol. The van der Waals surface area contributed by atoms with Crippen molar-refractivity contribution in [2.75, 3.05) is 26.2 Å². The normalized spacial score (nSPS) is 16.5. The van der Waals surface area contributed by atoms with Gasteiger partial charge in [-0.25, -0.2) is 0 Å². The molecule has 0 bridgehead atoms. The van der Waals surface area contributed by atoms with E-state index in [9.17, 15) is 9.59 Å². The fraction of sp³-hybridized carbons (Fsp3) is 0.727. The van der Waals surface area contributed by atoms with Crippen LogP contribution in [0.4, 0.5) is 0 Å². The summed E-state index contributed by atoms with van der Waals surface area (Å²) in [5.74, 6) is -0.817. The van der Waals surface area contributed by atoms with E-state index in [4.69, 9.17) is 5.26 Å². The minimum absolute atomic E-state index is 0.398. The molecule has 1 aliphatic rings. The van der Waals surface area contributed by atoms with Gasteiger partial charge in [-0.05, 0) is 12.8 Å². The number of carbonyl (C=O) groups is 2. The summed E-state index contributed by atoms with van der Waals surface area (Å²) in [7, 11) is 0. The van der Waals surface area contributed by atoms with Gasteiger partial charge in [0.2, 0.25) is 0 Å². The summed E-state index contributed by atoms with van der Waals surface area (Å²) in [6, 6.07) is 2.03. The van der Waals surface area contributed by atoms with Gasteiger partial charge in [0.25, 0.3) is 0 Å². The molecule has 5 heteroatoms. The maximum absolute atomic E-state index is 11.7. The van der Waals surface area contributed by atoms with Gasteiger partial charge in [0, 0.05) is 32.6 Å². The number of nitriles is 1. The van der Waals surface area contributed by atoms with Crippen LogP contribution in [-0.4, -0.2) is 47.8 Å². The fourth-order valence-electron chi connectivity index (χ4n) is 1.76. The first-order valence-electron chi connectivity index (χ1n) is 5.65. The van der Waals surface area contributed by atoms with E-state index in [1.165, 1.54) is 0 Å². The van der Waals surface area contributed by atoms with Gasteiger partial charge in [0.1, 0.15) is 0 Å². The number of hydrogen-bond donors (Lipinski definition) is 0. The standard InChI is InChI=1S/C11H17N3O2/c1-2-6-13-8-9-14(7-4-3-5-12)11(16)10(13)15/h2-4,6-9H2,1H3. The van der Waals surface area contributed by atoms with Gasteiger partial charge < -0.3 is 9.80 Å². The minimum atomic E-state index is -0.419. The van der Waals surface area contributed by atoms with Crippen LogP contribution in [0.5, 0.6) is 0 Å². The Labute approximate surface area is 95.6 Å². The first-order chi connectivity index (χ1) is 7.70. The smallest absolute Gasteiger partial charge is 0.312 e. The van der Waals surface area contributed by atoms with Gasteiger partial charge in [0.05, 0.1) is 6.07 Å². The average Bonchev–Trinajstić information content (AvgIpc) is 2.28. The number of carbonyl (C=O) groups excluding carboxylic acids is 2. The molecule has 1 heterocycles. The number of piperazine rings is 1. The van der Waals surface area contributed by atoms with Crippen molar-refractivity contribution in [2.24, 2.45) is 0 Å². The summed E-state index contributed by atoms with van der Waals surface area (Å²) in [5.41, 5.74) is 0. The Kier molecular flexibility index (Phi) is 4.77. The molecule has 0 spiro atoms. The van der Waals surface area contributed by atoms with E-state index in [1.807, 2.05) is 13.0 Å². The van der Waals surface area contributed by atoms with E-state index >= 15 is 0 Å². The lowest BCUT2D eigenvalue weighted by molar-refractivity contribution is -0.156. The van der Waals surface area contributed by atoms with Crippen molar-refractivity contribution < 1.29 is 9.59 Å². The molecule has 0 atom stereocenters. The van der Waals surface area contributed by atoms with Gasteiger partial charge in [0.15, 0.2) is 0 Å². The van der Waals surface area contributed by atoms with Crippen molar-refractivity contribution >= 4 is 11.8 Å². The molecule has 88 valence electrons. The lowest BCUT2D eigenvalue weighted by Gasteiger charge is -2.33. The highest BCUT2D eigenvalue weighted by Gasteiger charge is 2.31. The van der Waals surface area contributed by atoms with Gasteiger partial charge in [-0.3, -0.25) is 9.59 Å². The molecular weight excluding hydrogens is 206 g/mol. The molecule has 0 saturated carbocycles. The highest BCUT2D eigenvalue weighted by atomic mass is 16.2. The maximum atomic E-state index is 11.7. The van der Waals surface area contributed by atoms with Gasteiger partial charge in [-0.15, -0.1) is 0 Å². The predicted molar refractivity (Wildman–Crippen MR) is 58.3 cm³/mol. The van der Waals surface area contributed by atoms with Crippen molar-refractivity contribution in [1.29, 1.82) is 5.26 Å². The molecule has 0 aliphatic carbocycles. The maximum Gasteiger partial charge on any atom is 0.312 e. The molecule has 1 aliphatic heterocycles. The Morgan fingerprint density at radius 3 is 2.25 bits per heavy atom. The predicted octanol–water partition coefficient (Wildman–Crippen LogP) is 0.371. The van der Waals surface area contributed by atoms with Crippen LogP contribution < -0.4 is 0 Å². The van der Waals surface area contributed by atoms with Crippen LogP contribution in [0.15, 0.2) is 0 Å².